The SMILES string of the molecule is Cc1noc([C@H](C)SCc2ccc(F)cc2Cl)n1. The van der Waals surface area contributed by atoms with Crippen LogP contribution in [-0.2, 0) is 5.75 Å². The van der Waals surface area contributed by atoms with Gasteiger partial charge in [-0.3, -0.25) is 0 Å². The standard InChI is InChI=1S/C12H12ClFN2OS/c1-7(12-15-8(2)16-17-12)18-6-9-3-4-10(14)5-11(9)13/h3-5,7H,6H2,1-2H3/t7-/m0/s1. The molecule has 0 aliphatic heterocycles. The Kier molecular flexibility index (Phi) is 4.24. The second-order valence-corrected chi connectivity index (χ2v) is 5.61. The molecule has 0 unspecified atom stereocenters. The third kappa shape index (κ3) is 3.23. The molecule has 2 rings (SSSR count). The zero-order valence-electron chi connectivity index (χ0n) is 9.98. The Balaban J connectivity index is 1.99. The number of aryl methyl sites for hydroxylation is 1. The zero-order chi connectivity index (χ0) is 13.1. The van der Waals surface area contributed by atoms with Crippen LogP contribution in [0.15, 0.2) is 22.7 Å². The second-order valence-electron chi connectivity index (χ2n) is 3.87. The van der Waals surface area contributed by atoms with E-state index in [2.05, 4.69) is 10.1 Å². The summed E-state index contributed by atoms with van der Waals surface area (Å²) in [7, 11) is 0. The Morgan fingerprint density at radius 3 is 2.89 bits per heavy atom. The molecule has 2 aromatic rings. The molecule has 0 saturated heterocycles. The molecule has 18 heavy (non-hydrogen) atoms. The minimum Gasteiger partial charge on any atom is -0.338 e. The fourth-order valence-corrected chi connectivity index (χ4v) is 2.64. The van der Waals surface area contributed by atoms with Gasteiger partial charge in [-0.25, -0.2) is 4.39 Å². The van der Waals surface area contributed by atoms with Gasteiger partial charge in [0.05, 0.1) is 5.25 Å². The van der Waals surface area contributed by atoms with Crippen LogP contribution >= 0.6 is 23.4 Å². The first kappa shape index (κ1) is 13.4. The normalized spacial score (nSPS) is 12.7. The van der Waals surface area contributed by atoms with E-state index in [9.17, 15) is 4.39 Å². The molecule has 96 valence electrons. The first-order valence-corrected chi connectivity index (χ1v) is 6.84. The van der Waals surface area contributed by atoms with Crippen LogP contribution < -0.4 is 0 Å². The van der Waals surface area contributed by atoms with Crippen LogP contribution in [0.5, 0.6) is 0 Å². The van der Waals surface area contributed by atoms with Gasteiger partial charge in [-0.05, 0) is 31.5 Å². The van der Waals surface area contributed by atoms with E-state index in [-0.39, 0.29) is 11.1 Å². The van der Waals surface area contributed by atoms with Crippen molar-refractivity contribution in [1.82, 2.24) is 10.1 Å². The van der Waals surface area contributed by atoms with Crippen LogP contribution in [0.4, 0.5) is 4.39 Å². The average molecular weight is 287 g/mol. The minimum absolute atomic E-state index is 0.0762. The quantitative estimate of drug-likeness (QED) is 0.846. The molecule has 0 N–H and O–H groups in total. The van der Waals surface area contributed by atoms with E-state index in [1.54, 1.807) is 24.8 Å². The van der Waals surface area contributed by atoms with E-state index in [4.69, 9.17) is 16.1 Å². The summed E-state index contributed by atoms with van der Waals surface area (Å²) >= 11 is 7.57. The van der Waals surface area contributed by atoms with Gasteiger partial charge < -0.3 is 4.52 Å². The topological polar surface area (TPSA) is 38.9 Å². The molecule has 0 spiro atoms. The summed E-state index contributed by atoms with van der Waals surface area (Å²) in [6.07, 6.45) is 0. The maximum atomic E-state index is 12.9. The lowest BCUT2D eigenvalue weighted by Gasteiger charge is -2.07. The highest BCUT2D eigenvalue weighted by molar-refractivity contribution is 7.98. The molecule has 0 bridgehead atoms. The van der Waals surface area contributed by atoms with Gasteiger partial charge in [-0.1, -0.05) is 22.8 Å². The Morgan fingerprint density at radius 1 is 1.50 bits per heavy atom. The second kappa shape index (κ2) is 5.71. The Morgan fingerprint density at radius 2 is 2.28 bits per heavy atom. The highest BCUT2D eigenvalue weighted by Crippen LogP contribution is 2.32. The summed E-state index contributed by atoms with van der Waals surface area (Å²) in [4.78, 5) is 4.17. The number of rotatable bonds is 4. The minimum atomic E-state index is -0.325. The molecule has 1 heterocycles. The monoisotopic (exact) mass is 286 g/mol. The maximum Gasteiger partial charge on any atom is 0.239 e. The van der Waals surface area contributed by atoms with Gasteiger partial charge in [0.2, 0.25) is 5.89 Å². The maximum absolute atomic E-state index is 12.9. The Hall–Kier alpha value is -1.07. The summed E-state index contributed by atoms with van der Waals surface area (Å²) < 4.78 is 18.0. The van der Waals surface area contributed by atoms with Gasteiger partial charge >= 0.3 is 0 Å². The van der Waals surface area contributed by atoms with Gasteiger partial charge in [-0.15, -0.1) is 11.8 Å². The van der Waals surface area contributed by atoms with Gasteiger partial charge in [-0.2, -0.15) is 4.98 Å². The molecule has 6 heteroatoms. The summed E-state index contributed by atoms with van der Waals surface area (Å²) in [6, 6.07) is 4.42. The van der Waals surface area contributed by atoms with Gasteiger partial charge in [0.15, 0.2) is 5.82 Å². The molecule has 0 aliphatic carbocycles. The highest BCUT2D eigenvalue weighted by Gasteiger charge is 2.14. The highest BCUT2D eigenvalue weighted by atomic mass is 35.5. The van der Waals surface area contributed by atoms with Crippen molar-refractivity contribution < 1.29 is 8.91 Å². The lowest BCUT2D eigenvalue weighted by atomic mass is 10.2. The van der Waals surface area contributed by atoms with Gasteiger partial charge in [0.25, 0.3) is 0 Å². The molecule has 1 aromatic carbocycles. The molecule has 1 aromatic heterocycles. The Labute approximate surface area is 114 Å². The summed E-state index contributed by atoms with van der Waals surface area (Å²) in [5, 5.41) is 4.26. The number of thioether (sulfide) groups is 1. The van der Waals surface area contributed by atoms with Crippen molar-refractivity contribution >= 4 is 23.4 Å². The van der Waals surface area contributed by atoms with Crippen molar-refractivity contribution in [2.45, 2.75) is 24.9 Å². The van der Waals surface area contributed by atoms with Crippen molar-refractivity contribution in [3.8, 4) is 0 Å². The van der Waals surface area contributed by atoms with Crippen LogP contribution in [0.25, 0.3) is 0 Å². The molecule has 0 saturated carbocycles. The molecule has 0 amide bonds. The van der Waals surface area contributed by atoms with Crippen LogP contribution in [0.3, 0.4) is 0 Å². The van der Waals surface area contributed by atoms with Gasteiger partial charge in [0.1, 0.15) is 5.82 Å². The van der Waals surface area contributed by atoms with Crippen molar-refractivity contribution in [1.29, 1.82) is 0 Å². The van der Waals surface area contributed by atoms with Crippen LogP contribution in [0, 0.1) is 12.7 Å². The number of nitrogens with zero attached hydrogens (tertiary/aromatic N) is 2. The Bertz CT molecular complexity index is 547. The third-order valence-corrected chi connectivity index (χ3v) is 3.93. The predicted molar refractivity (Wildman–Crippen MR) is 70.2 cm³/mol. The third-order valence-electron chi connectivity index (χ3n) is 2.39. The molecule has 3 nitrogen and oxygen atoms in total. The van der Waals surface area contributed by atoms with Crippen LogP contribution in [0.1, 0.15) is 29.5 Å². The molecule has 0 radical (unpaired) electrons. The number of benzene rings is 1. The fraction of sp³-hybridized carbons (Fsp3) is 0.333. The smallest absolute Gasteiger partial charge is 0.239 e. The number of aromatic nitrogens is 2. The van der Waals surface area contributed by atoms with Crippen molar-refractivity contribution in [3.63, 3.8) is 0 Å². The molecule has 0 aliphatic rings. The number of hydrogen-bond acceptors (Lipinski definition) is 4. The number of hydrogen-bond donors (Lipinski definition) is 0. The van der Waals surface area contributed by atoms with E-state index in [1.165, 1.54) is 12.1 Å². The fourth-order valence-electron chi connectivity index (χ4n) is 1.40. The van der Waals surface area contributed by atoms with Gasteiger partial charge in [0, 0.05) is 10.8 Å². The molecule has 0 fully saturated rings. The van der Waals surface area contributed by atoms with Crippen LogP contribution in [0.2, 0.25) is 5.02 Å². The summed E-state index contributed by atoms with van der Waals surface area (Å²) in [5.41, 5.74) is 0.895. The van der Waals surface area contributed by atoms with E-state index < -0.39 is 0 Å². The molecular weight excluding hydrogens is 275 g/mol. The van der Waals surface area contributed by atoms with E-state index in [1.807, 2.05) is 6.92 Å². The first-order valence-electron chi connectivity index (χ1n) is 5.42. The van der Waals surface area contributed by atoms with E-state index >= 15 is 0 Å². The zero-order valence-corrected chi connectivity index (χ0v) is 11.6. The lowest BCUT2D eigenvalue weighted by molar-refractivity contribution is 0.376. The number of halogens is 2. The van der Waals surface area contributed by atoms with Crippen molar-refractivity contribution in [2.75, 3.05) is 0 Å². The largest absolute Gasteiger partial charge is 0.338 e. The predicted octanol–water partition coefficient (Wildman–Crippen LogP) is 4.16. The van der Waals surface area contributed by atoms with Crippen molar-refractivity contribution in [2.24, 2.45) is 0 Å². The van der Waals surface area contributed by atoms with E-state index in [0.29, 0.717) is 22.5 Å². The molecule has 1 atom stereocenters. The lowest BCUT2D eigenvalue weighted by Crippen LogP contribution is -1.91. The van der Waals surface area contributed by atoms with E-state index in [0.717, 1.165) is 5.56 Å². The summed E-state index contributed by atoms with van der Waals surface area (Å²) in [5.74, 6) is 1.56. The molecular formula is C12H12ClFN2OS. The average Bonchev–Trinajstić information content (AvgIpc) is 2.74. The van der Waals surface area contributed by atoms with Crippen molar-refractivity contribution in [3.05, 3.63) is 46.3 Å². The summed E-state index contributed by atoms with van der Waals surface area (Å²) in [6.45, 7) is 3.76. The first-order chi connectivity index (χ1) is 8.56. The van der Waals surface area contributed by atoms with Crippen LogP contribution in [-0.4, -0.2) is 10.1 Å².